The molecule has 4 aliphatic rings. The Morgan fingerprint density at radius 1 is 1.03 bits per heavy atom. The Bertz CT molecular complexity index is 875. The predicted molar refractivity (Wildman–Crippen MR) is 157 cm³/mol. The van der Waals surface area contributed by atoms with Gasteiger partial charge in [-0.05, 0) is 104 Å². The van der Waals surface area contributed by atoms with Crippen LogP contribution in [0.5, 0.6) is 0 Å². The SMILES string of the molecule is C=C(C)[C@H](O)C/C=C(\C)C1CC[C@]2(C)C1[C@H](O)CC1[C@@]3(C)CC[C@H](O)C(C)(C)C3[C@@H](O)C[C@]12C.[B]PC. The molecule has 0 aromatic carbocycles. The summed E-state index contributed by atoms with van der Waals surface area (Å²) in [5, 5.41) is 44.5. The summed E-state index contributed by atoms with van der Waals surface area (Å²) in [5.41, 5.74) is 1.51. The molecule has 37 heavy (non-hydrogen) atoms. The quantitative estimate of drug-likeness (QED) is 0.215. The number of rotatable bonds is 4. The lowest BCUT2D eigenvalue weighted by Crippen LogP contribution is -2.69. The van der Waals surface area contributed by atoms with Crippen LogP contribution in [-0.4, -0.2) is 59.1 Å². The molecule has 12 atom stereocenters. The molecule has 0 heterocycles. The molecule has 4 saturated carbocycles. The van der Waals surface area contributed by atoms with Gasteiger partial charge in [-0.2, -0.15) is 8.46 Å². The fourth-order valence-corrected chi connectivity index (χ4v) is 10.1. The first-order valence-electron chi connectivity index (χ1n) is 14.4. The maximum absolute atomic E-state index is 11.7. The molecule has 4 N–H and O–H groups in total. The lowest BCUT2D eigenvalue weighted by atomic mass is 9.34. The zero-order valence-corrected chi connectivity index (χ0v) is 25.7. The molecule has 4 aliphatic carbocycles. The topological polar surface area (TPSA) is 80.9 Å². The summed E-state index contributed by atoms with van der Waals surface area (Å²) in [6.45, 7) is 21.3. The Morgan fingerprint density at radius 2 is 1.62 bits per heavy atom. The first kappa shape index (κ1) is 31.3. The van der Waals surface area contributed by atoms with Crippen molar-refractivity contribution >= 4 is 16.0 Å². The summed E-state index contributed by atoms with van der Waals surface area (Å²) >= 11 is 0. The van der Waals surface area contributed by atoms with E-state index < -0.39 is 12.2 Å². The average Bonchev–Trinajstić information content (AvgIpc) is 3.17. The van der Waals surface area contributed by atoms with Crippen molar-refractivity contribution in [2.45, 2.75) is 118 Å². The molecule has 4 fully saturated rings. The second-order valence-electron chi connectivity index (χ2n) is 14.3. The summed E-state index contributed by atoms with van der Waals surface area (Å²) < 4.78 is 0. The highest BCUT2D eigenvalue weighted by molar-refractivity contribution is 7.65. The van der Waals surface area contributed by atoms with E-state index >= 15 is 0 Å². The maximum atomic E-state index is 11.7. The molecule has 0 aromatic rings. The van der Waals surface area contributed by atoms with Gasteiger partial charge in [0.1, 0.15) is 7.57 Å². The normalized spacial score (nSPS) is 47.9. The number of hydrogen-bond acceptors (Lipinski definition) is 4. The van der Waals surface area contributed by atoms with Crippen molar-refractivity contribution in [1.82, 2.24) is 0 Å². The highest BCUT2D eigenvalue weighted by atomic mass is 31.1. The van der Waals surface area contributed by atoms with Crippen molar-refractivity contribution in [3.05, 3.63) is 23.8 Å². The van der Waals surface area contributed by atoms with Gasteiger partial charge in [0.25, 0.3) is 0 Å². The zero-order chi connectivity index (χ0) is 28.1. The van der Waals surface area contributed by atoms with Gasteiger partial charge >= 0.3 is 0 Å². The molecule has 0 bridgehead atoms. The van der Waals surface area contributed by atoms with Gasteiger partial charge in [-0.1, -0.05) is 65.1 Å². The lowest BCUT2D eigenvalue weighted by molar-refractivity contribution is -0.270. The fraction of sp³-hybridized carbons (Fsp3) is 0.871. The van der Waals surface area contributed by atoms with Crippen molar-refractivity contribution in [2.75, 3.05) is 6.66 Å². The predicted octanol–water partition coefficient (Wildman–Crippen LogP) is 5.63. The third-order valence-corrected chi connectivity index (χ3v) is 12.1. The molecule has 0 saturated heterocycles. The number of allylic oxidation sites excluding steroid dienone is 1. The minimum atomic E-state index is -0.517. The van der Waals surface area contributed by atoms with E-state index in [4.69, 9.17) is 7.57 Å². The van der Waals surface area contributed by atoms with Crippen LogP contribution in [0.2, 0.25) is 0 Å². The van der Waals surface area contributed by atoms with Crippen LogP contribution in [0.3, 0.4) is 0 Å². The minimum Gasteiger partial charge on any atom is -0.393 e. The van der Waals surface area contributed by atoms with E-state index in [1.807, 2.05) is 13.6 Å². The molecule has 6 heteroatoms. The van der Waals surface area contributed by atoms with E-state index in [0.29, 0.717) is 26.7 Å². The van der Waals surface area contributed by atoms with E-state index in [1.165, 1.54) is 5.57 Å². The van der Waals surface area contributed by atoms with Gasteiger partial charge in [0.15, 0.2) is 0 Å². The molecule has 0 spiro atoms. The van der Waals surface area contributed by atoms with Crippen LogP contribution < -0.4 is 0 Å². The van der Waals surface area contributed by atoms with Gasteiger partial charge in [0.05, 0.1) is 24.4 Å². The van der Waals surface area contributed by atoms with Crippen LogP contribution in [0.1, 0.15) is 93.4 Å². The van der Waals surface area contributed by atoms with E-state index in [9.17, 15) is 20.4 Å². The Kier molecular flexibility index (Phi) is 9.32. The van der Waals surface area contributed by atoms with Crippen molar-refractivity contribution < 1.29 is 20.4 Å². The van der Waals surface area contributed by atoms with E-state index in [1.54, 1.807) is 0 Å². The van der Waals surface area contributed by atoms with E-state index in [2.05, 4.69) is 54.2 Å². The number of fused-ring (bicyclic) bond motifs is 5. The molecule has 4 nitrogen and oxygen atoms in total. The molecule has 0 amide bonds. The van der Waals surface area contributed by atoms with Crippen LogP contribution in [0.25, 0.3) is 0 Å². The van der Waals surface area contributed by atoms with Crippen molar-refractivity contribution in [1.29, 1.82) is 0 Å². The third-order valence-electron chi connectivity index (χ3n) is 12.1. The van der Waals surface area contributed by atoms with Crippen LogP contribution in [0.4, 0.5) is 0 Å². The third kappa shape index (κ3) is 4.97. The lowest BCUT2D eigenvalue weighted by Gasteiger charge is -2.71. The Morgan fingerprint density at radius 3 is 2.19 bits per heavy atom. The average molecular weight is 533 g/mol. The first-order valence-corrected chi connectivity index (χ1v) is 16.0. The summed E-state index contributed by atoms with van der Waals surface area (Å²) in [7, 11) is 5.46. The van der Waals surface area contributed by atoms with Gasteiger partial charge in [-0.15, -0.1) is 0 Å². The van der Waals surface area contributed by atoms with Gasteiger partial charge in [0.2, 0.25) is 0 Å². The second kappa shape index (κ2) is 11.0. The number of aliphatic hydroxyl groups excluding tert-OH is 4. The summed E-state index contributed by atoms with van der Waals surface area (Å²) in [6.07, 6.45) is 6.33. The van der Waals surface area contributed by atoms with Crippen molar-refractivity contribution in [3.63, 3.8) is 0 Å². The van der Waals surface area contributed by atoms with Crippen LogP contribution in [0.15, 0.2) is 23.8 Å². The van der Waals surface area contributed by atoms with Gasteiger partial charge in [-0.25, -0.2) is 0 Å². The Labute approximate surface area is 229 Å². The first-order chi connectivity index (χ1) is 17.0. The van der Waals surface area contributed by atoms with Gasteiger partial charge in [-0.3, -0.25) is 0 Å². The molecule has 210 valence electrons. The molecule has 4 rings (SSSR count). The molecular formula is C31H54BO4P. The highest BCUT2D eigenvalue weighted by Crippen LogP contribution is 2.75. The maximum Gasteiger partial charge on any atom is 0.104 e. The molecule has 0 aromatic heterocycles. The highest BCUT2D eigenvalue weighted by Gasteiger charge is 2.72. The smallest absolute Gasteiger partial charge is 0.104 e. The number of aliphatic hydroxyl groups is 4. The number of hydrogen-bond donors (Lipinski definition) is 4. The largest absolute Gasteiger partial charge is 0.393 e. The fourth-order valence-electron chi connectivity index (χ4n) is 10.1. The van der Waals surface area contributed by atoms with Crippen LogP contribution >= 0.6 is 8.46 Å². The second-order valence-corrected chi connectivity index (χ2v) is 14.9. The minimum absolute atomic E-state index is 0.0386. The summed E-state index contributed by atoms with van der Waals surface area (Å²) in [5.74, 6) is 0.838. The van der Waals surface area contributed by atoms with E-state index in [0.717, 1.165) is 44.1 Å². The van der Waals surface area contributed by atoms with Gasteiger partial charge in [0, 0.05) is 0 Å². The summed E-state index contributed by atoms with van der Waals surface area (Å²) in [4.78, 5) is 0. The van der Waals surface area contributed by atoms with Crippen LogP contribution in [0, 0.1) is 45.3 Å². The zero-order valence-electron chi connectivity index (χ0n) is 24.7. The van der Waals surface area contributed by atoms with Crippen LogP contribution in [-0.2, 0) is 0 Å². The van der Waals surface area contributed by atoms with Crippen molar-refractivity contribution in [3.8, 4) is 0 Å². The molecule has 2 radical (unpaired) electrons. The van der Waals surface area contributed by atoms with Gasteiger partial charge < -0.3 is 20.4 Å². The molecule has 5 unspecified atom stereocenters. The molecular weight excluding hydrogens is 478 g/mol. The standard InChI is InChI=1S/C30H50O4.CH4BP/c1-17(2)20(31)10-9-18(3)19-11-14-29(7)25(19)21(32)15-23-28(6)13-12-24(34)27(4,5)26(28)22(33)16-30(23,29)8;1-3-2/h9,19-26,31-34H,1,10-16H2,2-8H3;3H,1H3/b18-9+;/t19?,20-,21-,22+,23?,24+,25?,26?,28-,29-,30-;/m1./s1. The van der Waals surface area contributed by atoms with E-state index in [-0.39, 0.29) is 45.7 Å². The van der Waals surface area contributed by atoms with Crippen molar-refractivity contribution in [2.24, 2.45) is 45.3 Å². The Hall–Kier alpha value is -0.185. The Balaban J connectivity index is 0.00000121. The monoisotopic (exact) mass is 532 g/mol. The summed E-state index contributed by atoms with van der Waals surface area (Å²) in [6, 6.07) is 0. The molecule has 0 aliphatic heterocycles.